The van der Waals surface area contributed by atoms with Gasteiger partial charge in [-0.05, 0) is 42.6 Å². The van der Waals surface area contributed by atoms with E-state index in [1.54, 1.807) is 12.3 Å². The maximum atomic E-state index is 13.4. The molecule has 0 spiro atoms. The van der Waals surface area contributed by atoms with Crippen LogP contribution in [0.1, 0.15) is 36.1 Å². The van der Waals surface area contributed by atoms with E-state index in [9.17, 15) is 4.39 Å². The minimum Gasteiger partial charge on any atom is -0.306 e. The molecule has 0 aliphatic carbocycles. The van der Waals surface area contributed by atoms with E-state index in [1.807, 2.05) is 12.1 Å². The Hall–Kier alpha value is -1.74. The summed E-state index contributed by atoms with van der Waals surface area (Å²) < 4.78 is 13.4. The van der Waals surface area contributed by atoms with Crippen LogP contribution in [0.4, 0.5) is 4.39 Å². The predicted octanol–water partition coefficient (Wildman–Crippen LogP) is 3.62. The molecule has 0 amide bonds. The second-order valence-electron chi connectivity index (χ2n) is 4.68. The largest absolute Gasteiger partial charge is 0.306 e. The number of rotatable bonds is 5. The van der Waals surface area contributed by atoms with Crippen LogP contribution in [0.25, 0.3) is 0 Å². The first kappa shape index (κ1) is 13.7. The van der Waals surface area contributed by atoms with E-state index < -0.39 is 0 Å². The quantitative estimate of drug-likeness (QED) is 0.886. The second kappa shape index (κ2) is 6.43. The topological polar surface area (TPSA) is 24.9 Å². The van der Waals surface area contributed by atoms with Gasteiger partial charge in [-0.25, -0.2) is 4.39 Å². The van der Waals surface area contributed by atoms with Gasteiger partial charge in [0, 0.05) is 6.20 Å². The molecule has 1 unspecified atom stereocenters. The van der Waals surface area contributed by atoms with Gasteiger partial charge < -0.3 is 5.32 Å². The molecule has 3 heteroatoms. The van der Waals surface area contributed by atoms with E-state index in [0.717, 1.165) is 18.5 Å². The van der Waals surface area contributed by atoms with Crippen LogP contribution >= 0.6 is 0 Å². The van der Waals surface area contributed by atoms with E-state index >= 15 is 0 Å². The maximum Gasteiger partial charge on any atom is 0.141 e. The van der Waals surface area contributed by atoms with Gasteiger partial charge in [-0.3, -0.25) is 4.98 Å². The Morgan fingerprint density at radius 2 is 2.05 bits per heavy atom. The number of halogens is 1. The second-order valence-corrected chi connectivity index (χ2v) is 4.68. The van der Waals surface area contributed by atoms with Crippen LogP contribution in [0.5, 0.6) is 0 Å². The Labute approximate surface area is 113 Å². The molecule has 1 N–H and O–H groups in total. The van der Waals surface area contributed by atoms with Crippen molar-refractivity contribution in [1.82, 2.24) is 10.3 Å². The van der Waals surface area contributed by atoms with E-state index in [4.69, 9.17) is 0 Å². The van der Waals surface area contributed by atoms with E-state index in [1.165, 1.54) is 17.3 Å². The molecule has 0 aliphatic rings. The normalized spacial score (nSPS) is 12.4. The van der Waals surface area contributed by atoms with Crippen molar-refractivity contribution < 1.29 is 4.39 Å². The fourth-order valence-corrected chi connectivity index (χ4v) is 2.19. The highest BCUT2D eigenvalue weighted by atomic mass is 19.1. The van der Waals surface area contributed by atoms with E-state index in [0.29, 0.717) is 0 Å². The van der Waals surface area contributed by atoms with Crippen LogP contribution in [-0.4, -0.2) is 11.5 Å². The molecule has 1 atom stereocenters. The molecular formula is C16H19FN2. The fraction of sp³-hybridized carbons (Fsp3) is 0.312. The lowest BCUT2D eigenvalue weighted by molar-refractivity contribution is 0.579. The van der Waals surface area contributed by atoms with Crippen LogP contribution in [0.3, 0.4) is 0 Å². The summed E-state index contributed by atoms with van der Waals surface area (Å²) in [4.78, 5) is 3.95. The number of pyridine rings is 1. The lowest BCUT2D eigenvalue weighted by Crippen LogP contribution is -2.24. The fourth-order valence-electron chi connectivity index (χ4n) is 2.19. The maximum absolute atomic E-state index is 13.4. The van der Waals surface area contributed by atoms with Gasteiger partial charge in [-0.1, -0.05) is 31.2 Å². The zero-order valence-electron chi connectivity index (χ0n) is 11.4. The molecule has 19 heavy (non-hydrogen) atoms. The van der Waals surface area contributed by atoms with Crippen molar-refractivity contribution in [2.24, 2.45) is 0 Å². The smallest absolute Gasteiger partial charge is 0.141 e. The zero-order chi connectivity index (χ0) is 13.7. The average Bonchev–Trinajstić information content (AvgIpc) is 2.41. The Balaban J connectivity index is 2.38. The molecule has 1 aromatic heterocycles. The highest BCUT2D eigenvalue weighted by Gasteiger charge is 2.15. The van der Waals surface area contributed by atoms with Crippen molar-refractivity contribution in [2.75, 3.05) is 6.54 Å². The first-order valence-corrected chi connectivity index (χ1v) is 6.61. The monoisotopic (exact) mass is 258 g/mol. The summed E-state index contributed by atoms with van der Waals surface area (Å²) in [6.45, 7) is 5.07. The molecule has 1 aromatic carbocycles. The molecule has 0 saturated heterocycles. The standard InChI is InChI=1S/C16H19FN2/c1-3-8-19-16(13-9-14(17)11-18-10-13)15-7-5-4-6-12(15)2/h4-7,9-11,16,19H,3,8H2,1-2H3. The molecular weight excluding hydrogens is 239 g/mol. The molecule has 1 heterocycles. The molecule has 0 fully saturated rings. The van der Waals surface area contributed by atoms with Crippen LogP contribution in [0, 0.1) is 12.7 Å². The number of nitrogens with one attached hydrogen (secondary N) is 1. The van der Waals surface area contributed by atoms with Crippen molar-refractivity contribution in [3.63, 3.8) is 0 Å². The first-order chi connectivity index (χ1) is 9.22. The Morgan fingerprint density at radius 1 is 1.26 bits per heavy atom. The van der Waals surface area contributed by atoms with Crippen molar-refractivity contribution in [2.45, 2.75) is 26.3 Å². The van der Waals surface area contributed by atoms with Crippen molar-refractivity contribution >= 4 is 0 Å². The Kier molecular flexibility index (Phi) is 4.63. The number of nitrogens with zero attached hydrogens (tertiary/aromatic N) is 1. The van der Waals surface area contributed by atoms with Crippen LogP contribution in [0.15, 0.2) is 42.7 Å². The number of benzene rings is 1. The summed E-state index contributed by atoms with van der Waals surface area (Å²) in [6, 6.07) is 9.71. The third-order valence-corrected chi connectivity index (χ3v) is 3.16. The number of aryl methyl sites for hydroxylation is 1. The van der Waals surface area contributed by atoms with Gasteiger partial charge in [0.1, 0.15) is 5.82 Å². The summed E-state index contributed by atoms with van der Waals surface area (Å²) in [5.74, 6) is -0.297. The summed E-state index contributed by atoms with van der Waals surface area (Å²) >= 11 is 0. The van der Waals surface area contributed by atoms with Crippen LogP contribution in [-0.2, 0) is 0 Å². The van der Waals surface area contributed by atoms with Crippen LogP contribution in [0.2, 0.25) is 0 Å². The van der Waals surface area contributed by atoms with Crippen LogP contribution < -0.4 is 5.32 Å². The molecule has 2 rings (SSSR count). The van der Waals surface area contributed by atoms with Crippen molar-refractivity contribution in [3.05, 3.63) is 65.2 Å². The molecule has 0 radical (unpaired) electrons. The third kappa shape index (κ3) is 3.38. The Bertz CT molecular complexity index is 540. The van der Waals surface area contributed by atoms with Gasteiger partial charge in [-0.15, -0.1) is 0 Å². The molecule has 2 aromatic rings. The number of hydrogen-bond donors (Lipinski definition) is 1. The summed E-state index contributed by atoms with van der Waals surface area (Å²) in [6.07, 6.45) is 3.99. The first-order valence-electron chi connectivity index (χ1n) is 6.61. The molecule has 100 valence electrons. The summed E-state index contributed by atoms with van der Waals surface area (Å²) in [7, 11) is 0. The van der Waals surface area contributed by atoms with E-state index in [-0.39, 0.29) is 11.9 Å². The van der Waals surface area contributed by atoms with Gasteiger partial charge in [0.05, 0.1) is 12.2 Å². The molecule has 0 saturated carbocycles. The minimum absolute atomic E-state index is 0.00986. The van der Waals surface area contributed by atoms with Crippen molar-refractivity contribution in [3.8, 4) is 0 Å². The van der Waals surface area contributed by atoms with Crippen molar-refractivity contribution in [1.29, 1.82) is 0 Å². The third-order valence-electron chi connectivity index (χ3n) is 3.16. The zero-order valence-corrected chi connectivity index (χ0v) is 11.4. The molecule has 0 aliphatic heterocycles. The lowest BCUT2D eigenvalue weighted by atomic mass is 9.96. The average molecular weight is 258 g/mol. The Morgan fingerprint density at radius 3 is 2.74 bits per heavy atom. The van der Waals surface area contributed by atoms with Gasteiger partial charge in [0.15, 0.2) is 0 Å². The highest BCUT2D eigenvalue weighted by Crippen LogP contribution is 2.24. The van der Waals surface area contributed by atoms with Gasteiger partial charge >= 0.3 is 0 Å². The predicted molar refractivity (Wildman–Crippen MR) is 75.5 cm³/mol. The number of aromatic nitrogens is 1. The summed E-state index contributed by atoms with van der Waals surface area (Å²) in [5.41, 5.74) is 3.23. The van der Waals surface area contributed by atoms with Gasteiger partial charge in [0.25, 0.3) is 0 Å². The summed E-state index contributed by atoms with van der Waals surface area (Å²) in [5, 5.41) is 3.46. The number of hydrogen-bond acceptors (Lipinski definition) is 2. The molecule has 2 nitrogen and oxygen atoms in total. The SMILES string of the molecule is CCCNC(c1cncc(F)c1)c1ccccc1C. The highest BCUT2D eigenvalue weighted by molar-refractivity contribution is 5.35. The molecule has 0 bridgehead atoms. The van der Waals surface area contributed by atoms with Gasteiger partial charge in [0.2, 0.25) is 0 Å². The van der Waals surface area contributed by atoms with Gasteiger partial charge in [-0.2, -0.15) is 0 Å². The lowest BCUT2D eigenvalue weighted by Gasteiger charge is -2.21. The minimum atomic E-state index is -0.297. The van der Waals surface area contributed by atoms with E-state index in [2.05, 4.69) is 36.3 Å².